The van der Waals surface area contributed by atoms with Gasteiger partial charge in [0.2, 0.25) is 0 Å². The summed E-state index contributed by atoms with van der Waals surface area (Å²) in [5, 5.41) is 2.73. The number of hydrogen-bond acceptors (Lipinski definition) is 4. The summed E-state index contributed by atoms with van der Waals surface area (Å²) in [6, 6.07) is 19.5. The first-order valence-electron chi connectivity index (χ1n) is 8.77. The maximum atomic E-state index is 12.2. The molecule has 3 rings (SSSR count). The van der Waals surface area contributed by atoms with Crippen LogP contribution >= 0.6 is 15.9 Å². The van der Waals surface area contributed by atoms with Crippen LogP contribution in [0.15, 0.2) is 71.2 Å². The van der Waals surface area contributed by atoms with Crippen LogP contribution in [0.5, 0.6) is 17.2 Å². The molecule has 0 aliphatic rings. The number of benzene rings is 3. The van der Waals surface area contributed by atoms with Gasteiger partial charge in [-0.1, -0.05) is 22.0 Å². The maximum absolute atomic E-state index is 12.2. The van der Waals surface area contributed by atoms with Crippen LogP contribution in [0, 0.1) is 6.92 Å². The van der Waals surface area contributed by atoms with E-state index < -0.39 is 5.91 Å². The summed E-state index contributed by atoms with van der Waals surface area (Å²) < 4.78 is 12.2. The van der Waals surface area contributed by atoms with Crippen molar-refractivity contribution in [3.05, 3.63) is 82.3 Å². The van der Waals surface area contributed by atoms with Crippen LogP contribution in [-0.2, 0) is 4.79 Å². The van der Waals surface area contributed by atoms with E-state index in [1.165, 1.54) is 0 Å². The minimum Gasteiger partial charge on any atom is -0.483 e. The second-order valence-electron chi connectivity index (χ2n) is 6.28. The summed E-state index contributed by atoms with van der Waals surface area (Å²) in [6.07, 6.45) is 0. The molecule has 6 nitrogen and oxygen atoms in total. The summed E-state index contributed by atoms with van der Waals surface area (Å²) in [4.78, 5) is 23.6. The van der Waals surface area contributed by atoms with Crippen molar-refractivity contribution in [2.75, 3.05) is 11.9 Å². The van der Waals surface area contributed by atoms with E-state index in [0.717, 1.165) is 10.0 Å². The lowest BCUT2D eigenvalue weighted by molar-refractivity contribution is -0.118. The zero-order chi connectivity index (χ0) is 20.8. The molecule has 0 spiro atoms. The minimum absolute atomic E-state index is 0.234. The van der Waals surface area contributed by atoms with Crippen LogP contribution in [0.2, 0.25) is 0 Å². The Hall–Kier alpha value is -3.32. The Morgan fingerprint density at radius 1 is 0.966 bits per heavy atom. The van der Waals surface area contributed by atoms with E-state index in [1.807, 2.05) is 31.2 Å². The minimum atomic E-state index is -0.609. The van der Waals surface area contributed by atoms with Gasteiger partial charge in [0.05, 0.1) is 5.56 Å². The number of hydrogen-bond donors (Lipinski definition) is 2. The van der Waals surface area contributed by atoms with Crippen molar-refractivity contribution >= 4 is 33.4 Å². The van der Waals surface area contributed by atoms with Gasteiger partial charge in [0.15, 0.2) is 6.61 Å². The second-order valence-corrected chi connectivity index (χ2v) is 7.20. The molecule has 0 saturated carbocycles. The van der Waals surface area contributed by atoms with Gasteiger partial charge in [-0.25, -0.2) is 0 Å². The Bertz CT molecular complexity index is 1020. The summed E-state index contributed by atoms with van der Waals surface area (Å²) in [5.74, 6) is 0.672. The molecule has 0 fully saturated rings. The number of ether oxygens (including phenoxy) is 2. The maximum Gasteiger partial charge on any atom is 0.262 e. The smallest absolute Gasteiger partial charge is 0.262 e. The van der Waals surface area contributed by atoms with E-state index in [0.29, 0.717) is 17.2 Å². The van der Waals surface area contributed by atoms with Crippen molar-refractivity contribution in [2.45, 2.75) is 6.92 Å². The largest absolute Gasteiger partial charge is 0.483 e. The first-order chi connectivity index (χ1) is 13.9. The fourth-order valence-electron chi connectivity index (χ4n) is 2.54. The third-order valence-electron chi connectivity index (χ3n) is 3.95. The normalized spacial score (nSPS) is 10.3. The highest BCUT2D eigenvalue weighted by molar-refractivity contribution is 9.10. The fraction of sp³-hybridized carbons (Fsp3) is 0.0909. The van der Waals surface area contributed by atoms with Crippen molar-refractivity contribution in [1.82, 2.24) is 0 Å². The molecule has 2 amide bonds. The summed E-state index contributed by atoms with van der Waals surface area (Å²) in [5.41, 5.74) is 7.07. The average molecular weight is 455 g/mol. The number of carbonyl (C=O) groups excluding carboxylic acids is 2. The Morgan fingerprint density at radius 3 is 2.21 bits per heavy atom. The molecule has 3 N–H and O–H groups in total. The number of anilines is 1. The summed E-state index contributed by atoms with van der Waals surface area (Å²) in [7, 11) is 0. The number of carbonyl (C=O) groups is 2. The Kier molecular flexibility index (Phi) is 6.51. The summed E-state index contributed by atoms with van der Waals surface area (Å²) in [6.45, 7) is 1.61. The molecular weight excluding hydrogens is 436 g/mol. The second kappa shape index (κ2) is 9.25. The van der Waals surface area contributed by atoms with E-state index in [1.54, 1.807) is 42.5 Å². The van der Waals surface area contributed by atoms with E-state index in [2.05, 4.69) is 21.2 Å². The van der Waals surface area contributed by atoms with Gasteiger partial charge < -0.3 is 20.5 Å². The first-order valence-corrected chi connectivity index (χ1v) is 9.56. The Balaban J connectivity index is 1.56. The van der Waals surface area contributed by atoms with Crippen molar-refractivity contribution in [2.24, 2.45) is 5.73 Å². The number of rotatable bonds is 7. The van der Waals surface area contributed by atoms with Gasteiger partial charge in [0.25, 0.3) is 11.8 Å². The van der Waals surface area contributed by atoms with Gasteiger partial charge in [-0.2, -0.15) is 0 Å². The molecule has 148 valence electrons. The quantitative estimate of drug-likeness (QED) is 0.542. The fourth-order valence-corrected chi connectivity index (χ4v) is 2.80. The topological polar surface area (TPSA) is 90.7 Å². The number of primary amides is 1. The molecule has 0 aliphatic heterocycles. The lowest BCUT2D eigenvalue weighted by Crippen LogP contribution is -2.21. The number of nitrogens with two attached hydrogens (primary N) is 1. The van der Waals surface area contributed by atoms with Crippen molar-refractivity contribution < 1.29 is 19.1 Å². The zero-order valence-electron chi connectivity index (χ0n) is 15.6. The van der Waals surface area contributed by atoms with E-state index in [9.17, 15) is 9.59 Å². The first kappa shape index (κ1) is 20.4. The van der Waals surface area contributed by atoms with Gasteiger partial charge >= 0.3 is 0 Å². The van der Waals surface area contributed by atoms with Crippen LogP contribution in [0.3, 0.4) is 0 Å². The van der Waals surface area contributed by atoms with Crippen LogP contribution in [0.25, 0.3) is 0 Å². The predicted octanol–water partition coefficient (Wildman–Crippen LogP) is 4.67. The van der Waals surface area contributed by atoms with Gasteiger partial charge in [0, 0.05) is 10.2 Å². The zero-order valence-corrected chi connectivity index (χ0v) is 17.2. The molecule has 3 aromatic rings. The molecule has 29 heavy (non-hydrogen) atoms. The Morgan fingerprint density at radius 2 is 1.59 bits per heavy atom. The third kappa shape index (κ3) is 5.83. The lowest BCUT2D eigenvalue weighted by Gasteiger charge is -2.11. The van der Waals surface area contributed by atoms with Crippen LogP contribution < -0.4 is 20.5 Å². The number of nitrogens with one attached hydrogen (secondary N) is 1. The SMILES string of the molecule is Cc1ccc(C(N)=O)c(OCC(=O)Nc2ccc(Oc3ccc(Br)cc3)cc2)c1. The molecule has 0 unspecified atom stereocenters. The number of halogens is 1. The molecule has 3 aromatic carbocycles. The molecule has 0 heterocycles. The molecule has 0 radical (unpaired) electrons. The van der Waals surface area contributed by atoms with Crippen LogP contribution in [-0.4, -0.2) is 18.4 Å². The highest BCUT2D eigenvalue weighted by atomic mass is 79.9. The lowest BCUT2D eigenvalue weighted by atomic mass is 10.1. The standard InChI is InChI=1S/C22H19BrN2O4/c1-14-2-11-19(22(24)27)20(12-14)28-13-21(26)25-16-5-9-18(10-6-16)29-17-7-3-15(23)4-8-17/h2-12H,13H2,1H3,(H2,24,27)(H,25,26). The average Bonchev–Trinajstić information content (AvgIpc) is 2.69. The van der Waals surface area contributed by atoms with E-state index >= 15 is 0 Å². The molecule has 7 heteroatoms. The van der Waals surface area contributed by atoms with Crippen LogP contribution in [0.4, 0.5) is 5.69 Å². The van der Waals surface area contributed by atoms with E-state index in [4.69, 9.17) is 15.2 Å². The molecular formula is C22H19BrN2O4. The highest BCUT2D eigenvalue weighted by Crippen LogP contribution is 2.24. The van der Waals surface area contributed by atoms with E-state index in [-0.39, 0.29) is 23.8 Å². The van der Waals surface area contributed by atoms with Gasteiger partial charge in [-0.05, 0) is 73.2 Å². The molecule has 0 aromatic heterocycles. The highest BCUT2D eigenvalue weighted by Gasteiger charge is 2.11. The Labute approximate surface area is 176 Å². The molecule has 0 atom stereocenters. The summed E-state index contributed by atoms with van der Waals surface area (Å²) >= 11 is 3.38. The number of aryl methyl sites for hydroxylation is 1. The van der Waals surface area contributed by atoms with Gasteiger partial charge in [-0.15, -0.1) is 0 Å². The van der Waals surface area contributed by atoms with Crippen molar-refractivity contribution in [1.29, 1.82) is 0 Å². The van der Waals surface area contributed by atoms with Gasteiger partial charge in [0.1, 0.15) is 17.2 Å². The van der Waals surface area contributed by atoms with Crippen LogP contribution in [0.1, 0.15) is 15.9 Å². The molecule has 0 saturated heterocycles. The van der Waals surface area contributed by atoms with Crippen molar-refractivity contribution in [3.8, 4) is 17.2 Å². The van der Waals surface area contributed by atoms with Gasteiger partial charge in [-0.3, -0.25) is 9.59 Å². The monoisotopic (exact) mass is 454 g/mol. The third-order valence-corrected chi connectivity index (χ3v) is 4.48. The number of amides is 2. The van der Waals surface area contributed by atoms with Crippen molar-refractivity contribution in [3.63, 3.8) is 0 Å². The predicted molar refractivity (Wildman–Crippen MR) is 114 cm³/mol. The molecule has 0 aliphatic carbocycles. The molecule has 0 bridgehead atoms.